The Balaban J connectivity index is 1.10. The van der Waals surface area contributed by atoms with Crippen molar-refractivity contribution in [1.82, 2.24) is 9.13 Å². The van der Waals surface area contributed by atoms with Crippen molar-refractivity contribution in [2.45, 2.75) is 0 Å². The molecule has 12 rings (SSSR count). The van der Waals surface area contributed by atoms with Crippen LogP contribution in [0.1, 0.15) is 0 Å². The van der Waals surface area contributed by atoms with Crippen LogP contribution < -0.4 is 20.7 Å². The minimum Gasteiger partial charge on any atom is -0.309 e. The number of fused-ring (bicyclic) bond motifs is 6. The van der Waals surface area contributed by atoms with Crippen molar-refractivity contribution in [1.29, 1.82) is 0 Å². The fraction of sp³-hybridized carbons (Fsp3) is 0. The predicted octanol–water partition coefficient (Wildman–Crippen LogP) is 12.6. The van der Waals surface area contributed by atoms with Crippen LogP contribution in [0.25, 0.3) is 77.2 Å². The molecule has 0 aliphatic heterocycles. The van der Waals surface area contributed by atoms with Crippen molar-refractivity contribution in [3.05, 3.63) is 255 Å². The van der Waals surface area contributed by atoms with E-state index in [0.717, 1.165) is 11.4 Å². The van der Waals surface area contributed by atoms with Crippen LogP contribution in [0.2, 0.25) is 0 Å². The van der Waals surface area contributed by atoms with Crippen molar-refractivity contribution in [2.24, 2.45) is 0 Å². The molecule has 63 heavy (non-hydrogen) atoms. The van der Waals surface area contributed by atoms with E-state index in [1.165, 1.54) is 86.6 Å². The molecule has 0 atom stereocenters. The summed E-state index contributed by atoms with van der Waals surface area (Å²) in [5, 5.41) is 10.4. The maximum absolute atomic E-state index is 2.79. The molecule has 0 amide bonds. The third-order valence-corrected chi connectivity index (χ3v) is 17.9. The maximum atomic E-state index is 2.52. The molecule has 0 fully saturated rings. The molecule has 0 spiro atoms. The fourth-order valence-corrected chi connectivity index (χ4v) is 15.1. The standard InChI is InChI=1S/C60H42N2Si/c1-5-19-43(20-6-1)44-33-35-45(36-34-44)51-27-13-16-30-56(51)62-58-32-18-15-29-53(58)54-39-37-46(41-59(54)62)61-57-31-17-14-28-52(57)55-40-38-50(42-60(55)61)63(47-21-7-2-8-22-47,48-23-9-3-10-24-48)49-25-11-4-12-26-49/h1-42H. The van der Waals surface area contributed by atoms with Gasteiger partial charge in [-0.1, -0.05) is 218 Å². The second-order valence-electron chi connectivity index (χ2n) is 16.4. The van der Waals surface area contributed by atoms with E-state index < -0.39 is 8.07 Å². The molecule has 10 aromatic carbocycles. The lowest BCUT2D eigenvalue weighted by Crippen LogP contribution is -2.74. The molecule has 0 radical (unpaired) electrons. The summed E-state index contributed by atoms with van der Waals surface area (Å²) in [5.41, 5.74) is 11.8. The molecule has 0 aliphatic carbocycles. The molecule has 12 aromatic rings. The van der Waals surface area contributed by atoms with Gasteiger partial charge in [-0.05, 0) is 73.8 Å². The summed E-state index contributed by atoms with van der Waals surface area (Å²) in [7, 11) is -2.79. The zero-order chi connectivity index (χ0) is 41.7. The molecule has 2 aromatic heterocycles. The monoisotopic (exact) mass is 818 g/mol. The van der Waals surface area contributed by atoms with E-state index in [4.69, 9.17) is 0 Å². The van der Waals surface area contributed by atoms with Gasteiger partial charge in [0.2, 0.25) is 0 Å². The summed E-state index contributed by atoms with van der Waals surface area (Å²) in [6, 6.07) is 94.2. The summed E-state index contributed by atoms with van der Waals surface area (Å²) in [4.78, 5) is 0. The minimum atomic E-state index is -2.79. The van der Waals surface area contributed by atoms with Gasteiger partial charge in [-0.3, -0.25) is 0 Å². The highest BCUT2D eigenvalue weighted by Gasteiger charge is 2.41. The fourth-order valence-electron chi connectivity index (χ4n) is 10.3. The van der Waals surface area contributed by atoms with Crippen molar-refractivity contribution >= 4 is 72.4 Å². The Morgan fingerprint density at radius 2 is 0.683 bits per heavy atom. The average Bonchev–Trinajstić information content (AvgIpc) is 3.88. The molecular weight excluding hydrogens is 777 g/mol. The quantitative estimate of drug-likeness (QED) is 0.107. The van der Waals surface area contributed by atoms with Crippen LogP contribution in [-0.2, 0) is 0 Å². The smallest absolute Gasteiger partial charge is 0.179 e. The molecule has 0 saturated heterocycles. The van der Waals surface area contributed by atoms with Gasteiger partial charge >= 0.3 is 0 Å². The van der Waals surface area contributed by atoms with Crippen LogP contribution in [0.5, 0.6) is 0 Å². The molecule has 0 N–H and O–H groups in total. The van der Waals surface area contributed by atoms with Crippen molar-refractivity contribution in [3.63, 3.8) is 0 Å². The van der Waals surface area contributed by atoms with Crippen LogP contribution in [-0.4, -0.2) is 17.2 Å². The number of hydrogen-bond acceptors (Lipinski definition) is 0. The Bertz CT molecular complexity index is 3490. The molecule has 0 unspecified atom stereocenters. The number of para-hydroxylation sites is 3. The molecular formula is C60H42N2Si. The molecule has 0 saturated carbocycles. The zero-order valence-corrected chi connectivity index (χ0v) is 35.6. The number of aromatic nitrogens is 2. The van der Waals surface area contributed by atoms with Gasteiger partial charge in [0.15, 0.2) is 8.07 Å². The number of hydrogen-bond donors (Lipinski definition) is 0. The Morgan fingerprint density at radius 3 is 1.29 bits per heavy atom. The van der Waals surface area contributed by atoms with E-state index in [0.29, 0.717) is 0 Å². The average molecular weight is 819 g/mol. The Hall–Kier alpha value is -7.98. The van der Waals surface area contributed by atoms with Gasteiger partial charge in [0.05, 0.1) is 27.8 Å². The van der Waals surface area contributed by atoms with Crippen molar-refractivity contribution in [2.75, 3.05) is 0 Å². The van der Waals surface area contributed by atoms with E-state index in [-0.39, 0.29) is 0 Å². The Kier molecular flexibility index (Phi) is 8.87. The molecule has 296 valence electrons. The summed E-state index contributed by atoms with van der Waals surface area (Å²) in [5.74, 6) is 0. The van der Waals surface area contributed by atoms with Gasteiger partial charge in [-0.25, -0.2) is 0 Å². The van der Waals surface area contributed by atoms with E-state index in [2.05, 4.69) is 264 Å². The lowest BCUT2D eigenvalue weighted by molar-refractivity contribution is 1.16. The van der Waals surface area contributed by atoms with Crippen LogP contribution in [0.3, 0.4) is 0 Å². The normalized spacial score (nSPS) is 11.8. The summed E-state index contributed by atoms with van der Waals surface area (Å²) in [6.45, 7) is 0. The largest absolute Gasteiger partial charge is 0.309 e. The van der Waals surface area contributed by atoms with E-state index in [1.807, 2.05) is 0 Å². The first-order chi connectivity index (χ1) is 31.3. The van der Waals surface area contributed by atoms with Gasteiger partial charge < -0.3 is 9.13 Å². The lowest BCUT2D eigenvalue weighted by atomic mass is 9.99. The molecule has 0 bridgehead atoms. The molecule has 3 heteroatoms. The summed E-state index contributed by atoms with van der Waals surface area (Å²) >= 11 is 0. The van der Waals surface area contributed by atoms with Gasteiger partial charge in [0.1, 0.15) is 0 Å². The number of benzene rings is 10. The van der Waals surface area contributed by atoms with Crippen LogP contribution >= 0.6 is 0 Å². The SMILES string of the molecule is c1ccc(-c2ccc(-c3ccccc3-n3c4ccccc4c4ccc(-n5c6ccccc6c6ccc([Si](c7ccccc7)(c7ccccc7)c7ccccc7)cc65)cc43)cc2)cc1. The zero-order valence-electron chi connectivity index (χ0n) is 34.6. The molecule has 2 heterocycles. The highest BCUT2D eigenvalue weighted by Crippen LogP contribution is 2.39. The van der Waals surface area contributed by atoms with Gasteiger partial charge in [-0.15, -0.1) is 0 Å². The van der Waals surface area contributed by atoms with Crippen LogP contribution in [0.15, 0.2) is 255 Å². The highest BCUT2D eigenvalue weighted by atomic mass is 28.3. The molecule has 2 nitrogen and oxygen atoms in total. The molecule has 0 aliphatic rings. The van der Waals surface area contributed by atoms with Crippen LogP contribution in [0.4, 0.5) is 0 Å². The summed E-state index contributed by atoms with van der Waals surface area (Å²) < 4.78 is 4.98. The minimum absolute atomic E-state index is 1.13. The third kappa shape index (κ3) is 5.93. The first-order valence-electron chi connectivity index (χ1n) is 21.8. The van der Waals surface area contributed by atoms with Crippen molar-refractivity contribution < 1.29 is 0 Å². The second-order valence-corrected chi connectivity index (χ2v) is 20.3. The predicted molar refractivity (Wildman–Crippen MR) is 270 cm³/mol. The van der Waals surface area contributed by atoms with E-state index >= 15 is 0 Å². The van der Waals surface area contributed by atoms with Crippen LogP contribution in [0, 0.1) is 0 Å². The second kappa shape index (κ2) is 15.2. The maximum Gasteiger partial charge on any atom is 0.179 e. The summed E-state index contributed by atoms with van der Waals surface area (Å²) in [6.07, 6.45) is 0. The Morgan fingerprint density at radius 1 is 0.254 bits per heavy atom. The van der Waals surface area contributed by atoms with Gasteiger partial charge in [0, 0.05) is 32.8 Å². The van der Waals surface area contributed by atoms with Gasteiger partial charge in [-0.2, -0.15) is 0 Å². The topological polar surface area (TPSA) is 9.86 Å². The van der Waals surface area contributed by atoms with E-state index in [1.54, 1.807) is 0 Å². The third-order valence-electron chi connectivity index (χ3n) is 13.1. The van der Waals surface area contributed by atoms with Crippen molar-refractivity contribution in [3.8, 4) is 33.6 Å². The van der Waals surface area contributed by atoms with E-state index in [9.17, 15) is 0 Å². The Labute approximate surface area is 368 Å². The number of rotatable bonds is 8. The van der Waals surface area contributed by atoms with Gasteiger partial charge in [0.25, 0.3) is 0 Å². The number of nitrogens with zero attached hydrogens (tertiary/aromatic N) is 2. The first-order valence-corrected chi connectivity index (χ1v) is 23.8. The first kappa shape index (κ1) is 36.8. The highest BCUT2D eigenvalue weighted by molar-refractivity contribution is 7.20. The lowest BCUT2D eigenvalue weighted by Gasteiger charge is -2.34.